The maximum atomic E-state index is 12.2. The first kappa shape index (κ1) is 15.1. The van der Waals surface area contributed by atoms with E-state index in [1.165, 1.54) is 12.3 Å². The van der Waals surface area contributed by atoms with Crippen molar-refractivity contribution in [2.45, 2.75) is 44.6 Å². The molecule has 1 aliphatic rings. The van der Waals surface area contributed by atoms with Gasteiger partial charge in [0.15, 0.2) is 0 Å². The Morgan fingerprint density at radius 2 is 2.10 bits per heavy atom. The van der Waals surface area contributed by atoms with E-state index in [9.17, 15) is 13.2 Å². The highest BCUT2D eigenvalue weighted by molar-refractivity contribution is 7.89. The van der Waals surface area contributed by atoms with Crippen LogP contribution < -0.4 is 10.5 Å². The van der Waals surface area contributed by atoms with Gasteiger partial charge in [0.05, 0.1) is 0 Å². The van der Waals surface area contributed by atoms with E-state index in [1.807, 2.05) is 6.92 Å². The van der Waals surface area contributed by atoms with Gasteiger partial charge in [-0.1, -0.05) is 6.92 Å². The van der Waals surface area contributed by atoms with Gasteiger partial charge in [-0.3, -0.25) is 4.79 Å². The summed E-state index contributed by atoms with van der Waals surface area (Å²) >= 11 is 0. The maximum absolute atomic E-state index is 12.2. The molecule has 0 saturated heterocycles. The Bertz CT molecular complexity index is 615. The molecule has 3 N–H and O–H groups in total. The number of sulfonamides is 1. The van der Waals surface area contributed by atoms with Gasteiger partial charge >= 0.3 is 0 Å². The lowest BCUT2D eigenvalue weighted by molar-refractivity contribution is 0.0935. The fourth-order valence-corrected chi connectivity index (χ4v) is 2.83. The predicted molar refractivity (Wildman–Crippen MR) is 75.8 cm³/mol. The van der Waals surface area contributed by atoms with Crippen LogP contribution in [0.3, 0.4) is 0 Å². The quantitative estimate of drug-likeness (QED) is 0.822. The molecule has 112 valence electrons. The highest BCUT2D eigenvalue weighted by Crippen LogP contribution is 2.47. The molecule has 0 bridgehead atoms. The van der Waals surface area contributed by atoms with Crippen molar-refractivity contribution in [2.24, 2.45) is 10.6 Å². The number of hydrogen-bond acceptors (Lipinski definition) is 3. The minimum atomic E-state index is -3.78. The maximum Gasteiger partial charge on any atom is 0.267 e. The largest absolute Gasteiger partial charge is 0.350 e. The molecule has 2 rings (SSSR count). The predicted octanol–water partition coefficient (Wildman–Crippen LogP) is 1.08. The number of nitrogens with zero attached hydrogens (tertiary/aromatic N) is 1. The van der Waals surface area contributed by atoms with E-state index in [2.05, 4.69) is 12.2 Å². The number of rotatable bonds is 6. The van der Waals surface area contributed by atoms with Crippen LogP contribution in [-0.4, -0.2) is 25.4 Å². The van der Waals surface area contributed by atoms with Gasteiger partial charge in [-0.15, -0.1) is 0 Å². The summed E-state index contributed by atoms with van der Waals surface area (Å²) in [6.45, 7) is 5.12. The zero-order valence-corrected chi connectivity index (χ0v) is 12.7. The summed E-state index contributed by atoms with van der Waals surface area (Å²) in [5.74, 6) is -0.249. The molecule has 6 nitrogen and oxygen atoms in total. The topological polar surface area (TPSA) is 94.2 Å². The smallest absolute Gasteiger partial charge is 0.267 e. The SMILES string of the molecule is CCn1cc(S(N)(=O)=O)cc1C(=O)NCC1(CC)CC1. The van der Waals surface area contributed by atoms with E-state index in [1.54, 1.807) is 4.57 Å². The highest BCUT2D eigenvalue weighted by atomic mass is 32.2. The Labute approximate surface area is 119 Å². The van der Waals surface area contributed by atoms with E-state index >= 15 is 0 Å². The molecule has 1 aromatic rings. The van der Waals surface area contributed by atoms with Crippen molar-refractivity contribution in [3.63, 3.8) is 0 Å². The zero-order valence-electron chi connectivity index (χ0n) is 11.8. The van der Waals surface area contributed by atoms with E-state index in [0.29, 0.717) is 18.8 Å². The summed E-state index contributed by atoms with van der Waals surface area (Å²) in [6.07, 6.45) is 4.73. The molecule has 1 aliphatic carbocycles. The number of nitrogens with one attached hydrogen (secondary N) is 1. The van der Waals surface area contributed by atoms with Crippen molar-refractivity contribution < 1.29 is 13.2 Å². The molecule has 1 aromatic heterocycles. The number of carbonyl (C=O) groups excluding carboxylic acids is 1. The number of primary sulfonamides is 1. The third-order valence-corrected chi connectivity index (χ3v) is 4.98. The molecule has 1 heterocycles. The second kappa shape index (κ2) is 5.21. The molecule has 7 heteroatoms. The number of aromatic nitrogens is 1. The van der Waals surface area contributed by atoms with Gasteiger partial charge in [0.2, 0.25) is 10.0 Å². The molecule has 0 spiro atoms. The van der Waals surface area contributed by atoms with Crippen LogP contribution in [0.15, 0.2) is 17.2 Å². The lowest BCUT2D eigenvalue weighted by atomic mass is 10.0. The molecule has 0 atom stereocenters. The van der Waals surface area contributed by atoms with Gasteiger partial charge in [-0.05, 0) is 37.7 Å². The monoisotopic (exact) mass is 299 g/mol. The Kier molecular flexibility index (Phi) is 3.93. The molecule has 0 aromatic carbocycles. The minimum absolute atomic E-state index is 0.0267. The Morgan fingerprint density at radius 3 is 2.55 bits per heavy atom. The van der Waals surface area contributed by atoms with Crippen LogP contribution in [0, 0.1) is 5.41 Å². The first-order chi connectivity index (χ1) is 9.31. The van der Waals surface area contributed by atoms with Crippen molar-refractivity contribution in [1.29, 1.82) is 0 Å². The number of nitrogens with two attached hydrogens (primary N) is 1. The fourth-order valence-electron chi connectivity index (χ4n) is 2.28. The van der Waals surface area contributed by atoms with Crippen molar-refractivity contribution in [3.8, 4) is 0 Å². The van der Waals surface area contributed by atoms with Gasteiger partial charge in [0, 0.05) is 19.3 Å². The summed E-state index contributed by atoms with van der Waals surface area (Å²) in [4.78, 5) is 12.2. The zero-order chi connectivity index (χ0) is 15.0. The van der Waals surface area contributed by atoms with Crippen LogP contribution in [0.5, 0.6) is 0 Å². The number of aryl methyl sites for hydroxylation is 1. The molecular weight excluding hydrogens is 278 g/mol. The van der Waals surface area contributed by atoms with Crippen molar-refractivity contribution in [2.75, 3.05) is 6.54 Å². The lowest BCUT2D eigenvalue weighted by Crippen LogP contribution is -2.31. The van der Waals surface area contributed by atoms with Crippen LogP contribution in [0.4, 0.5) is 0 Å². The van der Waals surface area contributed by atoms with Crippen LogP contribution in [0.2, 0.25) is 0 Å². The Hall–Kier alpha value is -1.34. The van der Waals surface area contributed by atoms with Gasteiger partial charge in [-0.2, -0.15) is 0 Å². The summed E-state index contributed by atoms with van der Waals surface area (Å²) in [5, 5.41) is 7.99. The standard InChI is InChI=1S/C13H21N3O3S/c1-3-13(5-6-13)9-15-12(17)11-7-10(20(14,18)19)8-16(11)4-2/h7-8H,3-6,9H2,1-2H3,(H,15,17)(H2,14,18,19). The van der Waals surface area contributed by atoms with Gasteiger partial charge in [-0.25, -0.2) is 13.6 Å². The second-order valence-corrected chi connectivity index (χ2v) is 6.99. The highest BCUT2D eigenvalue weighted by Gasteiger charge is 2.40. The molecule has 0 unspecified atom stereocenters. The van der Waals surface area contributed by atoms with Crippen LogP contribution in [-0.2, 0) is 16.6 Å². The van der Waals surface area contributed by atoms with Gasteiger partial charge < -0.3 is 9.88 Å². The second-order valence-electron chi connectivity index (χ2n) is 5.43. The molecule has 0 radical (unpaired) electrons. The average Bonchev–Trinajstić information content (AvgIpc) is 3.03. The van der Waals surface area contributed by atoms with Crippen LogP contribution in [0.25, 0.3) is 0 Å². The average molecular weight is 299 g/mol. The Morgan fingerprint density at radius 1 is 1.45 bits per heavy atom. The van der Waals surface area contributed by atoms with E-state index in [4.69, 9.17) is 5.14 Å². The number of amides is 1. The molecule has 1 saturated carbocycles. The third-order valence-electron chi connectivity index (χ3n) is 4.10. The summed E-state index contributed by atoms with van der Waals surface area (Å²) < 4.78 is 24.3. The number of hydrogen-bond donors (Lipinski definition) is 2. The molecule has 20 heavy (non-hydrogen) atoms. The fraction of sp³-hybridized carbons (Fsp3) is 0.615. The first-order valence-electron chi connectivity index (χ1n) is 6.82. The van der Waals surface area contributed by atoms with Crippen molar-refractivity contribution in [3.05, 3.63) is 18.0 Å². The lowest BCUT2D eigenvalue weighted by Gasteiger charge is -2.14. The van der Waals surface area contributed by atoms with Gasteiger partial charge in [0.1, 0.15) is 10.6 Å². The van der Waals surface area contributed by atoms with E-state index in [0.717, 1.165) is 19.3 Å². The Balaban J connectivity index is 2.15. The molecule has 1 amide bonds. The van der Waals surface area contributed by atoms with Crippen LogP contribution in [0.1, 0.15) is 43.6 Å². The molecule has 0 aliphatic heterocycles. The van der Waals surface area contributed by atoms with E-state index < -0.39 is 10.0 Å². The summed E-state index contributed by atoms with van der Waals surface area (Å²) in [7, 11) is -3.78. The molecule has 1 fully saturated rings. The molecular formula is C13H21N3O3S. The van der Waals surface area contributed by atoms with Gasteiger partial charge in [0.25, 0.3) is 5.91 Å². The number of carbonyl (C=O) groups is 1. The summed E-state index contributed by atoms with van der Waals surface area (Å²) in [6, 6.07) is 1.33. The van der Waals surface area contributed by atoms with Crippen molar-refractivity contribution >= 4 is 15.9 Å². The third kappa shape index (κ3) is 3.04. The minimum Gasteiger partial charge on any atom is -0.350 e. The summed E-state index contributed by atoms with van der Waals surface area (Å²) in [5.41, 5.74) is 0.589. The normalized spacial score (nSPS) is 16.9. The van der Waals surface area contributed by atoms with E-state index in [-0.39, 0.29) is 16.2 Å². The van der Waals surface area contributed by atoms with Crippen molar-refractivity contribution in [1.82, 2.24) is 9.88 Å². The van der Waals surface area contributed by atoms with Crippen LogP contribution >= 0.6 is 0 Å². The first-order valence-corrected chi connectivity index (χ1v) is 8.37.